The highest BCUT2D eigenvalue weighted by Gasteiger charge is 2.15. The molecule has 4 nitrogen and oxygen atoms in total. The maximum Gasteiger partial charge on any atom is 0.252 e. The van der Waals surface area contributed by atoms with Crippen LogP contribution in [0.3, 0.4) is 0 Å². The number of furan rings is 1. The zero-order valence-corrected chi connectivity index (χ0v) is 14.6. The summed E-state index contributed by atoms with van der Waals surface area (Å²) in [7, 11) is 0. The van der Waals surface area contributed by atoms with Gasteiger partial charge in [0.1, 0.15) is 11.5 Å². The van der Waals surface area contributed by atoms with Crippen molar-refractivity contribution in [3.63, 3.8) is 0 Å². The van der Waals surface area contributed by atoms with Gasteiger partial charge in [-0.15, -0.1) is 11.8 Å². The molecule has 0 saturated heterocycles. The minimum atomic E-state index is -0.631. The van der Waals surface area contributed by atoms with Crippen LogP contribution < -0.4 is 5.32 Å². The summed E-state index contributed by atoms with van der Waals surface area (Å²) in [6.07, 6.45) is -0.178. The van der Waals surface area contributed by atoms with Crippen LogP contribution in [0.15, 0.2) is 39.6 Å². The van der Waals surface area contributed by atoms with E-state index in [1.54, 1.807) is 11.8 Å². The molecule has 124 valence electrons. The second kappa shape index (κ2) is 8.22. The molecule has 2 rings (SSSR count). The highest BCUT2D eigenvalue weighted by Crippen LogP contribution is 2.24. The molecule has 0 spiro atoms. The Kier molecular flexibility index (Phi) is 6.30. The van der Waals surface area contributed by atoms with E-state index >= 15 is 0 Å². The van der Waals surface area contributed by atoms with Gasteiger partial charge >= 0.3 is 0 Å². The summed E-state index contributed by atoms with van der Waals surface area (Å²) in [6, 6.07) is 9.42. The van der Waals surface area contributed by atoms with Crippen LogP contribution in [0, 0.1) is 13.8 Å². The first-order valence-electron chi connectivity index (χ1n) is 7.78. The van der Waals surface area contributed by atoms with Gasteiger partial charge in [0.15, 0.2) is 0 Å². The highest BCUT2D eigenvalue weighted by molar-refractivity contribution is 7.99. The van der Waals surface area contributed by atoms with Crippen LogP contribution in [-0.4, -0.2) is 23.3 Å². The Balaban J connectivity index is 1.91. The molecule has 1 amide bonds. The molecule has 1 unspecified atom stereocenters. The van der Waals surface area contributed by atoms with E-state index < -0.39 is 6.10 Å². The third-order valence-corrected chi connectivity index (χ3v) is 4.53. The summed E-state index contributed by atoms with van der Waals surface area (Å²) in [4.78, 5) is 13.3. The number of amides is 1. The van der Waals surface area contributed by atoms with Crippen molar-refractivity contribution < 1.29 is 14.3 Å². The number of rotatable bonds is 7. The van der Waals surface area contributed by atoms with Gasteiger partial charge in [-0.05, 0) is 44.2 Å². The third-order valence-electron chi connectivity index (χ3n) is 3.57. The van der Waals surface area contributed by atoms with Crippen LogP contribution in [-0.2, 0) is 0 Å². The minimum Gasteiger partial charge on any atom is -0.466 e. The van der Waals surface area contributed by atoms with Crippen molar-refractivity contribution in [2.75, 3.05) is 12.3 Å². The number of nitrogens with one attached hydrogen (secondary N) is 1. The Morgan fingerprint density at radius 2 is 2.09 bits per heavy atom. The molecule has 1 heterocycles. The molecule has 0 radical (unpaired) electrons. The zero-order valence-electron chi connectivity index (χ0n) is 13.8. The predicted molar refractivity (Wildman–Crippen MR) is 92.9 cm³/mol. The van der Waals surface area contributed by atoms with Gasteiger partial charge in [-0.1, -0.05) is 19.1 Å². The summed E-state index contributed by atoms with van der Waals surface area (Å²) in [5.41, 5.74) is 1.47. The number of aliphatic hydroxyl groups is 1. The quantitative estimate of drug-likeness (QED) is 0.755. The summed E-state index contributed by atoms with van der Waals surface area (Å²) in [5.74, 6) is 2.33. The minimum absolute atomic E-state index is 0.103. The molecule has 1 aromatic heterocycles. The maximum absolute atomic E-state index is 12.3. The lowest BCUT2D eigenvalue weighted by molar-refractivity contribution is 0.0939. The van der Waals surface area contributed by atoms with Gasteiger partial charge in [0, 0.05) is 17.0 Å². The number of hydrogen-bond donors (Lipinski definition) is 2. The van der Waals surface area contributed by atoms with E-state index in [2.05, 4.69) is 12.2 Å². The SMILES string of the molecule is CCSc1ccccc1C(=O)NCCC(O)c1cc(C)oc1C. The summed E-state index contributed by atoms with van der Waals surface area (Å²) in [6.45, 7) is 6.16. The van der Waals surface area contributed by atoms with Gasteiger partial charge in [-0.2, -0.15) is 0 Å². The monoisotopic (exact) mass is 333 g/mol. The number of aliphatic hydroxyl groups excluding tert-OH is 1. The standard InChI is InChI=1S/C18H23NO3S/c1-4-23-17-8-6-5-7-14(17)18(21)19-10-9-16(20)15-11-12(2)22-13(15)3/h5-8,11,16,20H,4,9-10H2,1-3H3,(H,19,21). The Bertz CT molecular complexity index is 666. The van der Waals surface area contributed by atoms with Gasteiger partial charge in [0.25, 0.3) is 5.91 Å². The summed E-state index contributed by atoms with van der Waals surface area (Å²) < 4.78 is 5.42. The van der Waals surface area contributed by atoms with E-state index in [4.69, 9.17) is 4.42 Å². The number of carbonyl (C=O) groups excluding carboxylic acids is 1. The van der Waals surface area contributed by atoms with Gasteiger partial charge in [-0.3, -0.25) is 4.79 Å². The largest absolute Gasteiger partial charge is 0.466 e. The average Bonchev–Trinajstić information content (AvgIpc) is 2.86. The first-order valence-corrected chi connectivity index (χ1v) is 8.76. The van der Waals surface area contributed by atoms with Crippen molar-refractivity contribution in [1.82, 2.24) is 5.32 Å². The molecular weight excluding hydrogens is 310 g/mol. The number of hydrogen-bond acceptors (Lipinski definition) is 4. The van der Waals surface area contributed by atoms with Gasteiger partial charge in [-0.25, -0.2) is 0 Å². The fourth-order valence-corrected chi connectivity index (χ4v) is 3.29. The molecule has 1 atom stereocenters. The van der Waals surface area contributed by atoms with Crippen molar-refractivity contribution in [2.45, 2.75) is 38.2 Å². The Labute approximate surface area is 141 Å². The zero-order chi connectivity index (χ0) is 16.8. The molecule has 1 aromatic carbocycles. The Morgan fingerprint density at radius 1 is 1.35 bits per heavy atom. The number of thioether (sulfide) groups is 1. The van der Waals surface area contributed by atoms with Gasteiger partial charge in [0.05, 0.1) is 11.7 Å². The summed E-state index contributed by atoms with van der Waals surface area (Å²) in [5, 5.41) is 13.1. The number of benzene rings is 1. The van der Waals surface area contributed by atoms with Crippen molar-refractivity contribution in [3.8, 4) is 0 Å². The van der Waals surface area contributed by atoms with Crippen LogP contribution in [0.4, 0.5) is 0 Å². The van der Waals surface area contributed by atoms with E-state index in [-0.39, 0.29) is 5.91 Å². The molecule has 2 N–H and O–H groups in total. The molecule has 23 heavy (non-hydrogen) atoms. The smallest absolute Gasteiger partial charge is 0.252 e. The van der Waals surface area contributed by atoms with Crippen molar-refractivity contribution in [2.24, 2.45) is 0 Å². The maximum atomic E-state index is 12.3. The lowest BCUT2D eigenvalue weighted by Gasteiger charge is -2.12. The van der Waals surface area contributed by atoms with Crippen molar-refractivity contribution in [3.05, 3.63) is 53.0 Å². The molecule has 0 aliphatic heterocycles. The average molecular weight is 333 g/mol. The molecule has 0 bridgehead atoms. The molecular formula is C18H23NO3S. The molecule has 2 aromatic rings. The Hall–Kier alpha value is -1.72. The van der Waals surface area contributed by atoms with Crippen molar-refractivity contribution in [1.29, 1.82) is 0 Å². The first kappa shape index (κ1) is 17.6. The van der Waals surface area contributed by atoms with E-state index in [1.807, 2.05) is 44.2 Å². The van der Waals surface area contributed by atoms with Crippen LogP contribution >= 0.6 is 11.8 Å². The predicted octanol–water partition coefficient (Wildman–Crippen LogP) is 3.86. The molecule has 5 heteroatoms. The molecule has 0 saturated carbocycles. The second-order valence-electron chi connectivity index (χ2n) is 5.36. The van der Waals surface area contributed by atoms with Crippen LogP contribution in [0.5, 0.6) is 0 Å². The topological polar surface area (TPSA) is 62.5 Å². The van der Waals surface area contributed by atoms with E-state index in [0.717, 1.165) is 27.7 Å². The van der Waals surface area contributed by atoms with Crippen LogP contribution in [0.25, 0.3) is 0 Å². The number of carbonyl (C=O) groups is 1. The molecule has 0 aliphatic rings. The van der Waals surface area contributed by atoms with E-state index in [9.17, 15) is 9.90 Å². The molecule has 0 aliphatic carbocycles. The van der Waals surface area contributed by atoms with E-state index in [0.29, 0.717) is 18.5 Å². The highest BCUT2D eigenvalue weighted by atomic mass is 32.2. The second-order valence-corrected chi connectivity index (χ2v) is 6.66. The first-order chi connectivity index (χ1) is 11.0. The lowest BCUT2D eigenvalue weighted by Crippen LogP contribution is -2.26. The van der Waals surface area contributed by atoms with E-state index in [1.165, 1.54) is 0 Å². The molecule has 0 fully saturated rings. The normalized spacial score (nSPS) is 12.2. The summed E-state index contributed by atoms with van der Waals surface area (Å²) >= 11 is 1.65. The fourth-order valence-electron chi connectivity index (χ4n) is 2.49. The third kappa shape index (κ3) is 4.62. The lowest BCUT2D eigenvalue weighted by atomic mass is 10.1. The van der Waals surface area contributed by atoms with Gasteiger partial charge in [0.2, 0.25) is 0 Å². The van der Waals surface area contributed by atoms with Gasteiger partial charge < -0.3 is 14.8 Å². The Morgan fingerprint density at radius 3 is 2.74 bits per heavy atom. The van der Waals surface area contributed by atoms with Crippen LogP contribution in [0.1, 0.15) is 46.9 Å². The number of aryl methyl sites for hydroxylation is 2. The van der Waals surface area contributed by atoms with Crippen molar-refractivity contribution >= 4 is 17.7 Å². The fraction of sp³-hybridized carbons (Fsp3) is 0.389. The van der Waals surface area contributed by atoms with Crippen LogP contribution in [0.2, 0.25) is 0 Å².